The number of rotatable bonds is 5. The van der Waals surface area contributed by atoms with Crippen molar-refractivity contribution >= 4 is 11.6 Å². The Morgan fingerprint density at radius 2 is 2.15 bits per heavy atom. The molecule has 1 N–H and O–H groups in total. The number of nitrogens with zero attached hydrogens (tertiary/aromatic N) is 2. The van der Waals surface area contributed by atoms with Crippen LogP contribution in [0.3, 0.4) is 0 Å². The molecule has 0 aliphatic carbocycles. The molecule has 2 rings (SSSR count). The van der Waals surface area contributed by atoms with Gasteiger partial charge in [-0.3, -0.25) is 4.79 Å². The SMILES string of the molecule is CCO/C=C/C(=O)Nc1ccc(-n2cnc(C)c2)cc1. The van der Waals surface area contributed by atoms with E-state index in [4.69, 9.17) is 4.74 Å². The van der Waals surface area contributed by atoms with Crippen LogP contribution in [-0.2, 0) is 9.53 Å². The van der Waals surface area contributed by atoms with E-state index in [-0.39, 0.29) is 5.91 Å². The van der Waals surface area contributed by atoms with Crippen molar-refractivity contribution in [2.75, 3.05) is 11.9 Å². The molecule has 0 unspecified atom stereocenters. The Morgan fingerprint density at radius 3 is 2.75 bits per heavy atom. The van der Waals surface area contributed by atoms with Gasteiger partial charge in [-0.05, 0) is 38.1 Å². The highest BCUT2D eigenvalue weighted by molar-refractivity contribution is 5.99. The van der Waals surface area contributed by atoms with Crippen molar-refractivity contribution in [1.82, 2.24) is 9.55 Å². The minimum Gasteiger partial charge on any atom is -0.501 e. The molecule has 0 bridgehead atoms. The van der Waals surface area contributed by atoms with E-state index in [1.807, 2.05) is 48.9 Å². The van der Waals surface area contributed by atoms with Gasteiger partial charge in [0.15, 0.2) is 0 Å². The average molecular weight is 271 g/mol. The van der Waals surface area contributed by atoms with Gasteiger partial charge in [0.2, 0.25) is 0 Å². The highest BCUT2D eigenvalue weighted by Gasteiger charge is 2.00. The number of carbonyl (C=O) groups excluding carboxylic acids is 1. The molecule has 1 heterocycles. The van der Waals surface area contributed by atoms with Crippen LogP contribution in [0.15, 0.2) is 49.1 Å². The van der Waals surface area contributed by atoms with Gasteiger partial charge in [0.05, 0.1) is 24.9 Å². The summed E-state index contributed by atoms with van der Waals surface area (Å²) >= 11 is 0. The second-order valence-corrected chi connectivity index (χ2v) is 4.22. The molecule has 0 spiro atoms. The number of hydrogen-bond acceptors (Lipinski definition) is 3. The predicted molar refractivity (Wildman–Crippen MR) is 77.7 cm³/mol. The number of nitrogens with one attached hydrogen (secondary N) is 1. The zero-order valence-corrected chi connectivity index (χ0v) is 11.5. The van der Waals surface area contributed by atoms with Gasteiger partial charge in [0.25, 0.3) is 5.91 Å². The molecule has 0 atom stereocenters. The van der Waals surface area contributed by atoms with Crippen molar-refractivity contribution in [1.29, 1.82) is 0 Å². The van der Waals surface area contributed by atoms with Crippen molar-refractivity contribution in [3.05, 3.63) is 54.8 Å². The highest BCUT2D eigenvalue weighted by Crippen LogP contribution is 2.13. The maximum Gasteiger partial charge on any atom is 0.251 e. The van der Waals surface area contributed by atoms with E-state index in [2.05, 4.69) is 10.3 Å². The molecule has 0 saturated heterocycles. The fourth-order valence-corrected chi connectivity index (χ4v) is 1.67. The van der Waals surface area contributed by atoms with Crippen molar-refractivity contribution < 1.29 is 9.53 Å². The predicted octanol–water partition coefficient (Wildman–Crippen LogP) is 2.67. The first-order valence-corrected chi connectivity index (χ1v) is 6.39. The van der Waals surface area contributed by atoms with Crippen LogP contribution < -0.4 is 5.32 Å². The lowest BCUT2D eigenvalue weighted by molar-refractivity contribution is -0.112. The third-order valence-electron chi connectivity index (χ3n) is 2.63. The number of carbonyl (C=O) groups is 1. The summed E-state index contributed by atoms with van der Waals surface area (Å²) in [5.41, 5.74) is 2.69. The van der Waals surface area contributed by atoms with E-state index in [9.17, 15) is 4.79 Å². The molecule has 1 amide bonds. The quantitative estimate of drug-likeness (QED) is 0.672. The van der Waals surface area contributed by atoms with E-state index >= 15 is 0 Å². The molecular weight excluding hydrogens is 254 g/mol. The molecule has 0 aliphatic heterocycles. The Kier molecular flexibility index (Phi) is 4.55. The Morgan fingerprint density at radius 1 is 1.40 bits per heavy atom. The molecule has 104 valence electrons. The first-order valence-electron chi connectivity index (χ1n) is 6.39. The summed E-state index contributed by atoms with van der Waals surface area (Å²) in [6, 6.07) is 7.53. The summed E-state index contributed by atoms with van der Waals surface area (Å²) in [7, 11) is 0. The zero-order valence-electron chi connectivity index (χ0n) is 11.5. The van der Waals surface area contributed by atoms with Gasteiger partial charge >= 0.3 is 0 Å². The standard InChI is InChI=1S/C15H17N3O2/c1-3-20-9-8-15(19)17-13-4-6-14(7-5-13)18-10-12(2)16-11-18/h4-11H,3H2,1-2H3,(H,17,19)/b9-8+. The third kappa shape index (κ3) is 3.71. The van der Waals surface area contributed by atoms with Gasteiger partial charge in [-0.15, -0.1) is 0 Å². The number of aryl methyl sites for hydroxylation is 1. The summed E-state index contributed by atoms with van der Waals surface area (Å²) in [4.78, 5) is 15.7. The molecule has 0 aliphatic rings. The fraction of sp³-hybridized carbons (Fsp3) is 0.200. The summed E-state index contributed by atoms with van der Waals surface area (Å²) in [5.74, 6) is -0.218. The smallest absolute Gasteiger partial charge is 0.251 e. The Bertz CT molecular complexity index is 600. The summed E-state index contributed by atoms with van der Waals surface area (Å²) in [6.45, 7) is 4.34. The van der Waals surface area contributed by atoms with E-state index in [1.54, 1.807) is 6.33 Å². The summed E-state index contributed by atoms with van der Waals surface area (Å²) in [5, 5.41) is 2.75. The molecule has 2 aromatic rings. The molecule has 5 heteroatoms. The van der Waals surface area contributed by atoms with Gasteiger partial charge in [-0.25, -0.2) is 4.98 Å². The van der Waals surface area contributed by atoms with Crippen LogP contribution in [-0.4, -0.2) is 22.1 Å². The lowest BCUT2D eigenvalue weighted by Crippen LogP contribution is -2.08. The van der Waals surface area contributed by atoms with Crippen LogP contribution in [0, 0.1) is 6.92 Å². The van der Waals surface area contributed by atoms with Crippen molar-refractivity contribution in [3.8, 4) is 5.69 Å². The molecule has 0 fully saturated rings. The van der Waals surface area contributed by atoms with E-state index in [0.29, 0.717) is 6.61 Å². The molecule has 1 aromatic carbocycles. The van der Waals surface area contributed by atoms with Crippen LogP contribution >= 0.6 is 0 Å². The minimum atomic E-state index is -0.218. The lowest BCUT2D eigenvalue weighted by atomic mass is 10.2. The van der Waals surface area contributed by atoms with E-state index in [1.165, 1.54) is 12.3 Å². The minimum absolute atomic E-state index is 0.218. The van der Waals surface area contributed by atoms with Gasteiger partial charge in [-0.1, -0.05) is 0 Å². The molecule has 20 heavy (non-hydrogen) atoms. The van der Waals surface area contributed by atoms with E-state index in [0.717, 1.165) is 17.1 Å². The molecule has 5 nitrogen and oxygen atoms in total. The third-order valence-corrected chi connectivity index (χ3v) is 2.63. The maximum atomic E-state index is 11.6. The fourth-order valence-electron chi connectivity index (χ4n) is 1.67. The van der Waals surface area contributed by atoms with Crippen molar-refractivity contribution in [2.24, 2.45) is 0 Å². The lowest BCUT2D eigenvalue weighted by Gasteiger charge is -2.05. The number of amides is 1. The number of ether oxygens (including phenoxy) is 1. The van der Waals surface area contributed by atoms with Gasteiger partial charge in [-0.2, -0.15) is 0 Å². The second-order valence-electron chi connectivity index (χ2n) is 4.22. The van der Waals surface area contributed by atoms with Gasteiger partial charge < -0.3 is 14.6 Å². The van der Waals surface area contributed by atoms with Gasteiger partial charge in [0, 0.05) is 23.6 Å². The molecule has 0 radical (unpaired) electrons. The topological polar surface area (TPSA) is 56.1 Å². The summed E-state index contributed by atoms with van der Waals surface area (Å²) in [6.07, 6.45) is 6.45. The first kappa shape index (κ1) is 13.9. The van der Waals surface area contributed by atoms with Crippen LogP contribution in [0.4, 0.5) is 5.69 Å². The highest BCUT2D eigenvalue weighted by atomic mass is 16.5. The Balaban J connectivity index is 2.00. The first-order chi connectivity index (χ1) is 9.69. The molecule has 0 saturated carbocycles. The maximum absolute atomic E-state index is 11.6. The van der Waals surface area contributed by atoms with Crippen molar-refractivity contribution in [2.45, 2.75) is 13.8 Å². The monoisotopic (exact) mass is 271 g/mol. The number of hydrogen-bond donors (Lipinski definition) is 1. The number of anilines is 1. The Hall–Kier alpha value is -2.56. The number of imidazole rings is 1. The average Bonchev–Trinajstić information content (AvgIpc) is 2.86. The van der Waals surface area contributed by atoms with Crippen LogP contribution in [0.25, 0.3) is 5.69 Å². The number of benzene rings is 1. The van der Waals surface area contributed by atoms with E-state index < -0.39 is 0 Å². The van der Waals surface area contributed by atoms with Crippen LogP contribution in [0.1, 0.15) is 12.6 Å². The second kappa shape index (κ2) is 6.56. The van der Waals surface area contributed by atoms with Crippen LogP contribution in [0.5, 0.6) is 0 Å². The molecule has 1 aromatic heterocycles. The number of aromatic nitrogens is 2. The Labute approximate surface area is 117 Å². The van der Waals surface area contributed by atoms with Crippen molar-refractivity contribution in [3.63, 3.8) is 0 Å². The van der Waals surface area contributed by atoms with Crippen LogP contribution in [0.2, 0.25) is 0 Å². The zero-order chi connectivity index (χ0) is 14.4. The van der Waals surface area contributed by atoms with Gasteiger partial charge in [0.1, 0.15) is 0 Å². The normalized spacial score (nSPS) is 10.7. The summed E-state index contributed by atoms with van der Waals surface area (Å²) < 4.78 is 6.90. The molecular formula is C15H17N3O2. The largest absolute Gasteiger partial charge is 0.501 e.